The number of amides is 1. The van der Waals surface area contributed by atoms with Gasteiger partial charge < -0.3 is 15.0 Å². The van der Waals surface area contributed by atoms with Crippen molar-refractivity contribution in [1.82, 2.24) is 5.32 Å². The molecule has 1 atom stereocenters. The van der Waals surface area contributed by atoms with Gasteiger partial charge in [0.25, 0.3) is 5.91 Å². The minimum absolute atomic E-state index is 0.150. The number of nitrogens with one attached hydrogen (secondary N) is 1. The van der Waals surface area contributed by atoms with Crippen molar-refractivity contribution in [1.29, 1.82) is 0 Å². The van der Waals surface area contributed by atoms with E-state index in [9.17, 15) is 18.0 Å². The van der Waals surface area contributed by atoms with E-state index in [1.54, 1.807) is 0 Å². The summed E-state index contributed by atoms with van der Waals surface area (Å²) in [5.74, 6) is -0.748. The molecule has 0 bridgehead atoms. The molecule has 2 N–H and O–H groups in total. The molecule has 0 saturated carbocycles. The minimum atomic E-state index is -4.68. The highest BCUT2D eigenvalue weighted by Gasteiger charge is 2.35. The smallest absolute Gasteiger partial charge is 0.504 e. The van der Waals surface area contributed by atoms with Crippen molar-refractivity contribution in [3.05, 3.63) is 29.3 Å². The predicted octanol–water partition coefficient (Wildman–Crippen LogP) is 2.12. The van der Waals surface area contributed by atoms with Crippen molar-refractivity contribution in [3.63, 3.8) is 0 Å². The molecule has 1 rings (SSSR count). The first-order valence-corrected chi connectivity index (χ1v) is 6.52. The zero-order chi connectivity index (χ0) is 16.0. The first-order chi connectivity index (χ1) is 9.79. The van der Waals surface area contributed by atoms with Crippen LogP contribution in [0.1, 0.15) is 36.2 Å². The van der Waals surface area contributed by atoms with Gasteiger partial charge in [-0.1, -0.05) is 20.3 Å². The second-order valence-electron chi connectivity index (χ2n) is 4.70. The topological polar surface area (TPSA) is 58.6 Å². The number of hydrogen-bond donors (Lipinski definition) is 2. The number of halogens is 3. The predicted molar refractivity (Wildman–Crippen MR) is 73.2 cm³/mol. The quantitative estimate of drug-likeness (QED) is 0.791. The summed E-state index contributed by atoms with van der Waals surface area (Å²) in [6, 6.07) is 2.96. The average molecular weight is 303 g/mol. The number of rotatable bonds is 6. The molecule has 0 fully saturated rings. The van der Waals surface area contributed by atoms with Crippen LogP contribution in [0.3, 0.4) is 0 Å². The van der Waals surface area contributed by atoms with E-state index >= 15 is 0 Å². The lowest BCUT2D eigenvalue weighted by atomic mass is 10.0. The van der Waals surface area contributed by atoms with Gasteiger partial charge in [0, 0.05) is 6.54 Å². The summed E-state index contributed by atoms with van der Waals surface area (Å²) < 4.78 is 43.6. The summed E-state index contributed by atoms with van der Waals surface area (Å²) in [5.41, 5.74) is -1.55. The van der Waals surface area contributed by atoms with E-state index < -0.39 is 30.9 Å². The molecule has 0 aliphatic rings. The fourth-order valence-corrected chi connectivity index (χ4v) is 1.63. The maximum Gasteiger partial charge on any atom is 0.504 e. The largest absolute Gasteiger partial charge is 0.539 e. The van der Waals surface area contributed by atoms with Crippen LogP contribution in [0.2, 0.25) is 0 Å². The van der Waals surface area contributed by atoms with Crippen LogP contribution >= 0.6 is 0 Å². The Hall–Kier alpha value is -1.70. The van der Waals surface area contributed by atoms with E-state index in [2.05, 4.69) is 9.97 Å². The van der Waals surface area contributed by atoms with E-state index in [1.807, 2.05) is 13.8 Å². The standard InChI is InChI=1S/C13H17BF3NO3/c1-3-8(2)7-18-12(19)10-5-4-9(21-14-20)6-11(10)13(15,16)17/h4-6,8,14,20H,3,7H2,1-2H3,(H,18,19). The Morgan fingerprint density at radius 2 is 2.14 bits per heavy atom. The molecule has 0 radical (unpaired) electrons. The van der Waals surface area contributed by atoms with Crippen LogP contribution in [0, 0.1) is 5.92 Å². The van der Waals surface area contributed by atoms with Gasteiger partial charge in [0.1, 0.15) is 5.75 Å². The molecule has 0 spiro atoms. The molecule has 1 aromatic carbocycles. The fraction of sp³-hybridized carbons (Fsp3) is 0.462. The van der Waals surface area contributed by atoms with Crippen molar-refractivity contribution in [3.8, 4) is 5.75 Å². The summed E-state index contributed by atoms with van der Waals surface area (Å²) in [5, 5.41) is 11.1. The molecule has 1 unspecified atom stereocenters. The van der Waals surface area contributed by atoms with Crippen molar-refractivity contribution in [2.45, 2.75) is 26.4 Å². The van der Waals surface area contributed by atoms with Gasteiger partial charge in [0.05, 0.1) is 11.1 Å². The van der Waals surface area contributed by atoms with Crippen LogP contribution in [-0.2, 0) is 6.18 Å². The Balaban J connectivity index is 3.02. The average Bonchev–Trinajstić information content (AvgIpc) is 2.43. The lowest BCUT2D eigenvalue weighted by molar-refractivity contribution is -0.138. The minimum Gasteiger partial charge on any atom is -0.539 e. The molecule has 0 aromatic heterocycles. The van der Waals surface area contributed by atoms with Crippen LogP contribution in [0.15, 0.2) is 18.2 Å². The number of benzene rings is 1. The third-order valence-electron chi connectivity index (χ3n) is 3.08. The summed E-state index contributed by atoms with van der Waals surface area (Å²) in [6.07, 6.45) is -3.87. The fourth-order valence-electron chi connectivity index (χ4n) is 1.63. The highest BCUT2D eigenvalue weighted by molar-refractivity contribution is 6.17. The first kappa shape index (κ1) is 17.4. The molecule has 0 aliphatic heterocycles. The molecule has 1 aromatic rings. The lowest BCUT2D eigenvalue weighted by Crippen LogP contribution is -2.30. The van der Waals surface area contributed by atoms with Crippen molar-refractivity contribution in [2.75, 3.05) is 6.54 Å². The van der Waals surface area contributed by atoms with Gasteiger partial charge in [-0.3, -0.25) is 4.79 Å². The molecule has 0 heterocycles. The second kappa shape index (κ2) is 7.35. The van der Waals surface area contributed by atoms with E-state index in [-0.39, 0.29) is 11.7 Å². The molecular weight excluding hydrogens is 286 g/mol. The summed E-state index contributed by atoms with van der Waals surface area (Å²) in [7, 11) is -0.739. The van der Waals surface area contributed by atoms with E-state index in [4.69, 9.17) is 5.02 Å². The maximum atomic E-state index is 13.0. The number of alkyl halides is 3. The summed E-state index contributed by atoms with van der Waals surface area (Å²) >= 11 is 0. The summed E-state index contributed by atoms with van der Waals surface area (Å²) in [4.78, 5) is 11.9. The molecule has 4 nitrogen and oxygen atoms in total. The Labute approximate surface area is 121 Å². The molecule has 0 aliphatic carbocycles. The Morgan fingerprint density at radius 3 is 2.67 bits per heavy atom. The van der Waals surface area contributed by atoms with E-state index in [0.29, 0.717) is 12.6 Å². The lowest BCUT2D eigenvalue weighted by Gasteiger charge is -2.16. The van der Waals surface area contributed by atoms with Gasteiger partial charge in [0.15, 0.2) is 0 Å². The maximum absolute atomic E-state index is 13.0. The highest BCUT2D eigenvalue weighted by Crippen LogP contribution is 2.34. The number of carbonyl (C=O) groups is 1. The van der Waals surface area contributed by atoms with Gasteiger partial charge in [-0.25, -0.2) is 0 Å². The van der Waals surface area contributed by atoms with Gasteiger partial charge in [-0.05, 0) is 24.1 Å². The van der Waals surface area contributed by atoms with Crippen molar-refractivity contribution < 1.29 is 27.6 Å². The highest BCUT2D eigenvalue weighted by atomic mass is 19.4. The van der Waals surface area contributed by atoms with Crippen LogP contribution in [-0.4, -0.2) is 25.2 Å². The van der Waals surface area contributed by atoms with E-state index in [0.717, 1.165) is 12.5 Å². The number of hydrogen-bond acceptors (Lipinski definition) is 3. The van der Waals surface area contributed by atoms with Gasteiger partial charge in [0.2, 0.25) is 0 Å². The van der Waals surface area contributed by atoms with E-state index in [1.165, 1.54) is 6.07 Å². The third kappa shape index (κ3) is 4.97. The molecule has 0 saturated heterocycles. The molecule has 8 heteroatoms. The molecule has 1 amide bonds. The van der Waals surface area contributed by atoms with Gasteiger partial charge in [-0.15, -0.1) is 0 Å². The monoisotopic (exact) mass is 303 g/mol. The van der Waals surface area contributed by atoms with Crippen LogP contribution < -0.4 is 9.97 Å². The third-order valence-corrected chi connectivity index (χ3v) is 3.08. The van der Waals surface area contributed by atoms with Crippen LogP contribution in [0.5, 0.6) is 5.75 Å². The molecule has 21 heavy (non-hydrogen) atoms. The van der Waals surface area contributed by atoms with Crippen molar-refractivity contribution >= 4 is 13.6 Å². The zero-order valence-corrected chi connectivity index (χ0v) is 11.8. The Bertz CT molecular complexity index is 494. The zero-order valence-electron chi connectivity index (χ0n) is 11.8. The summed E-state index contributed by atoms with van der Waals surface area (Å²) in [6.45, 7) is 4.13. The van der Waals surface area contributed by atoms with Gasteiger partial charge in [-0.2, -0.15) is 13.2 Å². The molecule has 116 valence electrons. The van der Waals surface area contributed by atoms with Gasteiger partial charge >= 0.3 is 13.9 Å². The normalized spacial score (nSPS) is 12.7. The second-order valence-corrected chi connectivity index (χ2v) is 4.70. The SMILES string of the molecule is CCC(C)CNC(=O)c1ccc(OBO)cc1C(F)(F)F. The Morgan fingerprint density at radius 1 is 1.48 bits per heavy atom. The van der Waals surface area contributed by atoms with Crippen molar-refractivity contribution in [2.24, 2.45) is 5.92 Å². The van der Waals surface area contributed by atoms with Crippen LogP contribution in [0.4, 0.5) is 13.2 Å². The molecular formula is C13H17BF3NO3. The van der Waals surface area contributed by atoms with Crippen LogP contribution in [0.25, 0.3) is 0 Å². The first-order valence-electron chi connectivity index (χ1n) is 6.52. The number of carbonyl (C=O) groups excluding carboxylic acids is 1. The Kier molecular flexibility index (Phi) is 6.08.